The molecule has 0 radical (unpaired) electrons. The van der Waals surface area contributed by atoms with Crippen molar-refractivity contribution >= 4 is 16.9 Å². The van der Waals surface area contributed by atoms with E-state index in [1.54, 1.807) is 0 Å². The predicted octanol–water partition coefficient (Wildman–Crippen LogP) is 0.985. The Bertz CT molecular complexity index is 637. The molecule has 2 heterocycles. The number of hydrogen-bond acceptors (Lipinski definition) is 4. The van der Waals surface area contributed by atoms with Gasteiger partial charge in [0.2, 0.25) is 5.91 Å². The number of benzene rings is 1. The van der Waals surface area contributed by atoms with Crippen LogP contribution >= 0.6 is 0 Å². The molecule has 116 valence electrons. The van der Waals surface area contributed by atoms with Crippen molar-refractivity contribution in [2.24, 2.45) is 5.92 Å². The van der Waals surface area contributed by atoms with E-state index in [2.05, 4.69) is 15.1 Å². The minimum Gasteiger partial charge on any atom is -0.338 e. The fourth-order valence-electron chi connectivity index (χ4n) is 3.04. The smallest absolute Gasteiger partial charge is 0.246 e. The van der Waals surface area contributed by atoms with Gasteiger partial charge in [-0.15, -0.1) is 0 Å². The van der Waals surface area contributed by atoms with E-state index >= 15 is 0 Å². The Morgan fingerprint density at radius 1 is 1.05 bits per heavy atom. The maximum Gasteiger partial charge on any atom is 0.246 e. The number of fused-ring (bicyclic) bond motifs is 1. The van der Waals surface area contributed by atoms with Gasteiger partial charge in [0.15, 0.2) is 0 Å². The Hall–Kier alpha value is -1.95. The second-order valence-corrected chi connectivity index (χ2v) is 6.34. The molecule has 1 aromatic heterocycles. The number of aromatic nitrogens is 3. The standard InChI is InChI=1S/C16H21N5O/c22-16(12-21-17-14-3-1-2-4-15(14)18-21)20-9-7-19(8-10-20)11-13-5-6-13/h1-4,13H,5-12H2. The second kappa shape index (κ2) is 5.68. The van der Waals surface area contributed by atoms with Crippen molar-refractivity contribution in [3.8, 4) is 0 Å². The topological polar surface area (TPSA) is 54.3 Å². The van der Waals surface area contributed by atoms with E-state index in [0.29, 0.717) is 0 Å². The number of nitrogens with zero attached hydrogens (tertiary/aromatic N) is 5. The van der Waals surface area contributed by atoms with Crippen LogP contribution in [0.4, 0.5) is 0 Å². The zero-order valence-corrected chi connectivity index (χ0v) is 12.7. The molecule has 22 heavy (non-hydrogen) atoms. The predicted molar refractivity (Wildman–Crippen MR) is 83.3 cm³/mol. The van der Waals surface area contributed by atoms with E-state index in [-0.39, 0.29) is 12.5 Å². The molecule has 1 aliphatic heterocycles. The van der Waals surface area contributed by atoms with Crippen LogP contribution in [0.15, 0.2) is 24.3 Å². The zero-order valence-electron chi connectivity index (χ0n) is 12.7. The molecule has 0 atom stereocenters. The van der Waals surface area contributed by atoms with Crippen molar-refractivity contribution in [1.82, 2.24) is 24.8 Å². The summed E-state index contributed by atoms with van der Waals surface area (Å²) < 4.78 is 0. The average molecular weight is 299 g/mol. The molecule has 6 heteroatoms. The number of piperazine rings is 1. The lowest BCUT2D eigenvalue weighted by Crippen LogP contribution is -2.50. The molecule has 0 bridgehead atoms. The second-order valence-electron chi connectivity index (χ2n) is 6.34. The van der Waals surface area contributed by atoms with Crippen LogP contribution in [0.1, 0.15) is 12.8 Å². The highest BCUT2D eigenvalue weighted by molar-refractivity contribution is 5.77. The van der Waals surface area contributed by atoms with Gasteiger partial charge in [-0.1, -0.05) is 12.1 Å². The molecule has 0 unspecified atom stereocenters. The highest BCUT2D eigenvalue weighted by Gasteiger charge is 2.27. The summed E-state index contributed by atoms with van der Waals surface area (Å²) in [5.74, 6) is 1.04. The maximum atomic E-state index is 12.4. The molecule has 6 nitrogen and oxygen atoms in total. The molecule has 0 spiro atoms. The lowest BCUT2D eigenvalue weighted by Gasteiger charge is -2.34. The van der Waals surface area contributed by atoms with Gasteiger partial charge in [-0.2, -0.15) is 15.0 Å². The Morgan fingerprint density at radius 3 is 2.27 bits per heavy atom. The number of amides is 1. The molecule has 4 rings (SSSR count). The van der Waals surface area contributed by atoms with Gasteiger partial charge >= 0.3 is 0 Å². The van der Waals surface area contributed by atoms with Crippen LogP contribution in [0, 0.1) is 5.92 Å². The first-order valence-electron chi connectivity index (χ1n) is 8.08. The van der Waals surface area contributed by atoms with Crippen LogP contribution in [0.25, 0.3) is 11.0 Å². The molecule has 0 N–H and O–H groups in total. The van der Waals surface area contributed by atoms with E-state index in [4.69, 9.17) is 0 Å². The first-order valence-corrected chi connectivity index (χ1v) is 8.08. The third kappa shape index (κ3) is 2.97. The summed E-state index contributed by atoms with van der Waals surface area (Å²) in [7, 11) is 0. The third-order valence-electron chi connectivity index (χ3n) is 4.54. The Balaban J connectivity index is 1.33. The summed E-state index contributed by atoms with van der Waals surface area (Å²) in [4.78, 5) is 18.3. The van der Waals surface area contributed by atoms with Crippen LogP contribution in [0.2, 0.25) is 0 Å². The van der Waals surface area contributed by atoms with Crippen molar-refractivity contribution in [3.05, 3.63) is 24.3 Å². The van der Waals surface area contributed by atoms with Gasteiger partial charge in [0.1, 0.15) is 17.6 Å². The summed E-state index contributed by atoms with van der Waals surface area (Å²) in [6, 6.07) is 7.70. The summed E-state index contributed by atoms with van der Waals surface area (Å²) >= 11 is 0. The van der Waals surface area contributed by atoms with Gasteiger partial charge in [0, 0.05) is 32.7 Å². The Kier molecular flexibility index (Phi) is 3.54. The molecule has 2 fully saturated rings. The van der Waals surface area contributed by atoms with Crippen LogP contribution in [0.3, 0.4) is 0 Å². The van der Waals surface area contributed by atoms with Gasteiger partial charge in [0.05, 0.1) is 0 Å². The van der Waals surface area contributed by atoms with Crippen molar-refractivity contribution in [3.63, 3.8) is 0 Å². The molecule has 2 aliphatic rings. The number of rotatable bonds is 4. The summed E-state index contributed by atoms with van der Waals surface area (Å²) in [6.45, 7) is 5.09. The minimum atomic E-state index is 0.117. The van der Waals surface area contributed by atoms with Gasteiger partial charge in [-0.25, -0.2) is 0 Å². The Labute approximate surface area is 129 Å². The van der Waals surface area contributed by atoms with Crippen LogP contribution in [-0.2, 0) is 11.3 Å². The minimum absolute atomic E-state index is 0.117. The van der Waals surface area contributed by atoms with Crippen molar-refractivity contribution in [1.29, 1.82) is 0 Å². The largest absolute Gasteiger partial charge is 0.338 e. The number of carbonyl (C=O) groups excluding carboxylic acids is 1. The van der Waals surface area contributed by atoms with Gasteiger partial charge < -0.3 is 4.90 Å². The van der Waals surface area contributed by atoms with E-state index in [9.17, 15) is 4.79 Å². The van der Waals surface area contributed by atoms with Crippen LogP contribution in [0.5, 0.6) is 0 Å². The quantitative estimate of drug-likeness (QED) is 0.845. The van der Waals surface area contributed by atoms with E-state index < -0.39 is 0 Å². The summed E-state index contributed by atoms with van der Waals surface area (Å²) in [5.41, 5.74) is 1.68. The fraction of sp³-hybridized carbons (Fsp3) is 0.562. The summed E-state index contributed by atoms with van der Waals surface area (Å²) in [6.07, 6.45) is 2.77. The molecule has 1 aliphatic carbocycles. The van der Waals surface area contributed by atoms with Crippen LogP contribution in [-0.4, -0.2) is 63.4 Å². The zero-order chi connectivity index (χ0) is 14.9. The summed E-state index contributed by atoms with van der Waals surface area (Å²) in [5, 5.41) is 8.72. The molecule has 2 aromatic rings. The van der Waals surface area contributed by atoms with Crippen LogP contribution < -0.4 is 0 Å². The first kappa shape index (κ1) is 13.7. The lowest BCUT2D eigenvalue weighted by atomic mass is 10.2. The first-order chi connectivity index (χ1) is 10.8. The molecule has 1 saturated carbocycles. The molecule has 1 amide bonds. The van der Waals surface area contributed by atoms with Gasteiger partial charge in [-0.05, 0) is 30.9 Å². The van der Waals surface area contributed by atoms with Gasteiger partial charge in [0.25, 0.3) is 0 Å². The third-order valence-corrected chi connectivity index (χ3v) is 4.54. The van der Waals surface area contributed by atoms with Crippen molar-refractivity contribution in [2.45, 2.75) is 19.4 Å². The van der Waals surface area contributed by atoms with E-state index in [1.165, 1.54) is 24.2 Å². The fourth-order valence-corrected chi connectivity index (χ4v) is 3.04. The highest BCUT2D eigenvalue weighted by Crippen LogP contribution is 2.29. The number of hydrogen-bond donors (Lipinski definition) is 0. The Morgan fingerprint density at radius 2 is 1.68 bits per heavy atom. The van der Waals surface area contributed by atoms with E-state index in [1.807, 2.05) is 29.2 Å². The maximum absolute atomic E-state index is 12.4. The SMILES string of the molecule is O=C(Cn1nc2ccccc2n1)N1CCN(CC2CC2)CC1. The molecule has 1 saturated heterocycles. The molecular weight excluding hydrogens is 278 g/mol. The molecular formula is C16H21N5O. The monoisotopic (exact) mass is 299 g/mol. The lowest BCUT2D eigenvalue weighted by molar-refractivity contribution is -0.134. The normalized spacial score (nSPS) is 19.7. The van der Waals surface area contributed by atoms with Gasteiger partial charge in [-0.3, -0.25) is 9.69 Å². The van der Waals surface area contributed by atoms with Crippen molar-refractivity contribution in [2.75, 3.05) is 32.7 Å². The number of carbonyl (C=O) groups is 1. The van der Waals surface area contributed by atoms with Crippen molar-refractivity contribution < 1.29 is 4.79 Å². The average Bonchev–Trinajstić information content (AvgIpc) is 3.25. The highest BCUT2D eigenvalue weighted by atomic mass is 16.2. The molecule has 1 aromatic carbocycles. The van der Waals surface area contributed by atoms with E-state index in [0.717, 1.165) is 43.1 Å².